The number of nitrogens with zero attached hydrogens (tertiary/aromatic N) is 3. The molecule has 1 fully saturated rings. The molecule has 2 aromatic rings. The number of hydrogen-bond acceptors (Lipinski definition) is 5. The molecule has 1 aliphatic heterocycles. The highest BCUT2D eigenvalue weighted by Crippen LogP contribution is 2.09. The van der Waals surface area contributed by atoms with Crippen LogP contribution in [0.1, 0.15) is 16.1 Å². The van der Waals surface area contributed by atoms with E-state index >= 15 is 0 Å². The Hall–Kier alpha value is -2.54. The summed E-state index contributed by atoms with van der Waals surface area (Å²) in [7, 11) is 0. The summed E-state index contributed by atoms with van der Waals surface area (Å²) in [4.78, 5) is 22.3. The number of morpholine rings is 1. The summed E-state index contributed by atoms with van der Waals surface area (Å²) in [6, 6.07) is 6.22. The molecule has 1 saturated heterocycles. The number of nitrogens with one attached hydrogen (secondary N) is 1. The number of carbonyl (C=O) groups is 1. The number of rotatable bonds is 4. The summed E-state index contributed by atoms with van der Waals surface area (Å²) in [5, 5.41) is 3.09. The minimum Gasteiger partial charge on any atom is -0.378 e. The fraction of sp³-hybridized carbons (Fsp3) is 0.312. The van der Waals surface area contributed by atoms with E-state index in [1.165, 1.54) is 24.5 Å². The van der Waals surface area contributed by atoms with E-state index in [-0.39, 0.29) is 11.7 Å². The number of halogens is 1. The van der Waals surface area contributed by atoms with Crippen LogP contribution >= 0.6 is 0 Å². The molecule has 3 rings (SSSR count). The highest BCUT2D eigenvalue weighted by atomic mass is 19.1. The third-order valence-corrected chi connectivity index (χ3v) is 3.56. The molecule has 0 spiro atoms. The zero-order valence-corrected chi connectivity index (χ0v) is 12.5. The van der Waals surface area contributed by atoms with E-state index in [1.807, 2.05) is 0 Å². The molecule has 0 atom stereocenters. The van der Waals surface area contributed by atoms with Crippen molar-refractivity contribution in [3.63, 3.8) is 0 Å². The fourth-order valence-electron chi connectivity index (χ4n) is 2.25. The first-order chi connectivity index (χ1) is 11.2. The molecule has 1 aliphatic rings. The first-order valence-electron chi connectivity index (χ1n) is 7.40. The van der Waals surface area contributed by atoms with Crippen LogP contribution in [0.3, 0.4) is 0 Å². The van der Waals surface area contributed by atoms with Crippen LogP contribution in [0.5, 0.6) is 0 Å². The summed E-state index contributed by atoms with van der Waals surface area (Å²) in [6.07, 6.45) is 2.99. The molecule has 120 valence electrons. The average molecular weight is 316 g/mol. The predicted molar refractivity (Wildman–Crippen MR) is 82.5 cm³/mol. The van der Waals surface area contributed by atoms with Gasteiger partial charge in [0.15, 0.2) is 0 Å². The van der Waals surface area contributed by atoms with Gasteiger partial charge < -0.3 is 15.0 Å². The van der Waals surface area contributed by atoms with Crippen LogP contribution in [0.2, 0.25) is 0 Å². The molecule has 1 N–H and O–H groups in total. The van der Waals surface area contributed by atoms with Crippen LogP contribution in [0, 0.1) is 5.82 Å². The lowest BCUT2D eigenvalue weighted by Crippen LogP contribution is -2.41. The van der Waals surface area contributed by atoms with Gasteiger partial charge in [0.2, 0.25) is 0 Å². The van der Waals surface area contributed by atoms with Crippen molar-refractivity contribution in [2.45, 2.75) is 6.54 Å². The molecule has 0 unspecified atom stereocenters. The monoisotopic (exact) mass is 316 g/mol. The van der Waals surface area contributed by atoms with Crippen LogP contribution in [0.25, 0.3) is 0 Å². The van der Waals surface area contributed by atoms with Crippen molar-refractivity contribution in [3.8, 4) is 0 Å². The Bertz CT molecular complexity index is 655. The standard InChI is InChI=1S/C16H17FN4O2/c17-13-3-1-12(2-4-13)9-19-15-11-18-14(10-20-15)16(22)21-5-7-23-8-6-21/h1-4,10-11H,5-9H2,(H,19,20). The maximum Gasteiger partial charge on any atom is 0.274 e. The first-order valence-corrected chi connectivity index (χ1v) is 7.40. The van der Waals surface area contributed by atoms with Gasteiger partial charge in [-0.1, -0.05) is 12.1 Å². The van der Waals surface area contributed by atoms with Crippen molar-refractivity contribution in [3.05, 3.63) is 53.7 Å². The number of carbonyl (C=O) groups excluding carboxylic acids is 1. The largest absolute Gasteiger partial charge is 0.378 e. The molecule has 0 aliphatic carbocycles. The predicted octanol–water partition coefficient (Wildman–Crippen LogP) is 1.70. The van der Waals surface area contributed by atoms with E-state index in [4.69, 9.17) is 4.74 Å². The summed E-state index contributed by atoms with van der Waals surface area (Å²) < 4.78 is 18.1. The third-order valence-electron chi connectivity index (χ3n) is 3.56. The molecular weight excluding hydrogens is 299 g/mol. The zero-order valence-electron chi connectivity index (χ0n) is 12.5. The molecule has 1 aromatic carbocycles. The van der Waals surface area contributed by atoms with Crippen molar-refractivity contribution in [2.75, 3.05) is 31.6 Å². The Morgan fingerprint density at radius 1 is 1.17 bits per heavy atom. The van der Waals surface area contributed by atoms with Gasteiger partial charge in [-0.05, 0) is 17.7 Å². The number of amides is 1. The minimum absolute atomic E-state index is 0.133. The Morgan fingerprint density at radius 2 is 1.91 bits per heavy atom. The van der Waals surface area contributed by atoms with Gasteiger partial charge in [-0.3, -0.25) is 4.79 Å². The smallest absolute Gasteiger partial charge is 0.274 e. The summed E-state index contributed by atoms with van der Waals surface area (Å²) in [5.41, 5.74) is 1.25. The van der Waals surface area contributed by atoms with Gasteiger partial charge >= 0.3 is 0 Å². The molecule has 23 heavy (non-hydrogen) atoms. The quantitative estimate of drug-likeness (QED) is 0.930. The Kier molecular flexibility index (Phi) is 4.77. The molecule has 2 heterocycles. The van der Waals surface area contributed by atoms with E-state index in [0.29, 0.717) is 44.4 Å². The molecule has 0 saturated carbocycles. The second-order valence-electron chi connectivity index (χ2n) is 5.17. The highest BCUT2D eigenvalue weighted by molar-refractivity contribution is 5.92. The Balaban J connectivity index is 1.58. The van der Waals surface area contributed by atoms with Crippen molar-refractivity contribution in [1.82, 2.24) is 14.9 Å². The molecule has 1 aromatic heterocycles. The topological polar surface area (TPSA) is 67.4 Å². The van der Waals surface area contributed by atoms with Crippen LogP contribution < -0.4 is 5.32 Å². The van der Waals surface area contributed by atoms with Crippen molar-refractivity contribution < 1.29 is 13.9 Å². The van der Waals surface area contributed by atoms with E-state index in [9.17, 15) is 9.18 Å². The van der Waals surface area contributed by atoms with Crippen molar-refractivity contribution in [1.29, 1.82) is 0 Å². The number of ether oxygens (including phenoxy) is 1. The molecular formula is C16H17FN4O2. The molecule has 7 heteroatoms. The van der Waals surface area contributed by atoms with Gasteiger partial charge in [0.05, 0.1) is 25.6 Å². The van der Waals surface area contributed by atoms with E-state index in [2.05, 4.69) is 15.3 Å². The summed E-state index contributed by atoms with van der Waals surface area (Å²) >= 11 is 0. The second kappa shape index (κ2) is 7.15. The van der Waals surface area contributed by atoms with Gasteiger partial charge in [0.25, 0.3) is 5.91 Å². The average Bonchev–Trinajstić information content (AvgIpc) is 2.62. The van der Waals surface area contributed by atoms with Gasteiger partial charge in [-0.15, -0.1) is 0 Å². The van der Waals surface area contributed by atoms with Gasteiger partial charge in [0.1, 0.15) is 17.3 Å². The number of anilines is 1. The first kappa shape index (κ1) is 15.4. The van der Waals surface area contributed by atoms with Crippen molar-refractivity contribution in [2.24, 2.45) is 0 Å². The third kappa shape index (κ3) is 4.01. The fourth-order valence-corrected chi connectivity index (χ4v) is 2.25. The molecule has 6 nitrogen and oxygen atoms in total. The van der Waals surface area contributed by atoms with E-state index in [0.717, 1.165) is 5.56 Å². The van der Waals surface area contributed by atoms with Gasteiger partial charge in [-0.25, -0.2) is 14.4 Å². The second-order valence-corrected chi connectivity index (χ2v) is 5.17. The number of benzene rings is 1. The maximum absolute atomic E-state index is 12.8. The lowest BCUT2D eigenvalue weighted by Gasteiger charge is -2.26. The Morgan fingerprint density at radius 3 is 2.57 bits per heavy atom. The molecule has 0 radical (unpaired) electrons. The molecule has 1 amide bonds. The normalized spacial score (nSPS) is 14.6. The van der Waals surface area contributed by atoms with E-state index in [1.54, 1.807) is 17.0 Å². The van der Waals surface area contributed by atoms with Crippen LogP contribution in [0.15, 0.2) is 36.7 Å². The SMILES string of the molecule is O=C(c1cnc(NCc2ccc(F)cc2)cn1)N1CCOCC1. The number of hydrogen-bond donors (Lipinski definition) is 1. The van der Waals surface area contributed by atoms with Gasteiger partial charge in [-0.2, -0.15) is 0 Å². The van der Waals surface area contributed by atoms with E-state index < -0.39 is 0 Å². The minimum atomic E-state index is -0.264. The van der Waals surface area contributed by atoms with Crippen LogP contribution in [-0.4, -0.2) is 47.1 Å². The maximum atomic E-state index is 12.8. The molecule has 0 bridgehead atoms. The summed E-state index contributed by atoms with van der Waals surface area (Å²) in [5.74, 6) is 0.165. The summed E-state index contributed by atoms with van der Waals surface area (Å²) in [6.45, 7) is 2.76. The van der Waals surface area contributed by atoms with Crippen LogP contribution in [0.4, 0.5) is 10.2 Å². The lowest BCUT2D eigenvalue weighted by atomic mass is 10.2. The number of aromatic nitrogens is 2. The van der Waals surface area contributed by atoms with Gasteiger partial charge in [0, 0.05) is 19.6 Å². The van der Waals surface area contributed by atoms with Crippen molar-refractivity contribution >= 4 is 11.7 Å². The lowest BCUT2D eigenvalue weighted by molar-refractivity contribution is 0.0298. The van der Waals surface area contributed by atoms with Crippen LogP contribution in [-0.2, 0) is 11.3 Å². The Labute approximate surface area is 133 Å². The highest BCUT2D eigenvalue weighted by Gasteiger charge is 2.19. The zero-order chi connectivity index (χ0) is 16.1.